The summed E-state index contributed by atoms with van der Waals surface area (Å²) in [4.78, 5) is 14.4. The maximum atomic E-state index is 12.2. The standard InChI is InChI=1S/C15H25ClN4O/c1-3-6-20-15(21)14(16)13(10-18-20)19-7-5-11(4-2)8-12(19)9-17/h10-12H,3-9,17H2,1-2H3. The summed E-state index contributed by atoms with van der Waals surface area (Å²) in [5.74, 6) is 0.710. The molecule has 1 saturated heterocycles. The molecule has 1 aromatic heterocycles. The molecule has 6 heteroatoms. The molecule has 0 spiro atoms. The Balaban J connectivity index is 2.29. The van der Waals surface area contributed by atoms with Gasteiger partial charge in [-0.2, -0.15) is 5.10 Å². The number of nitrogens with two attached hydrogens (primary N) is 1. The second-order valence-electron chi connectivity index (χ2n) is 5.75. The predicted molar refractivity (Wildman–Crippen MR) is 87.0 cm³/mol. The summed E-state index contributed by atoms with van der Waals surface area (Å²) in [5.41, 5.74) is 6.46. The number of aromatic nitrogens is 2. The van der Waals surface area contributed by atoms with Crippen LogP contribution in [0.1, 0.15) is 39.5 Å². The molecule has 2 heterocycles. The zero-order valence-corrected chi connectivity index (χ0v) is 13.6. The molecule has 2 unspecified atom stereocenters. The molecular formula is C15H25ClN4O. The van der Waals surface area contributed by atoms with Crippen molar-refractivity contribution in [3.63, 3.8) is 0 Å². The van der Waals surface area contributed by atoms with Gasteiger partial charge in [0.15, 0.2) is 0 Å². The van der Waals surface area contributed by atoms with Crippen LogP contribution in [-0.2, 0) is 6.54 Å². The van der Waals surface area contributed by atoms with Gasteiger partial charge in [-0.25, -0.2) is 4.68 Å². The molecule has 5 nitrogen and oxygen atoms in total. The van der Waals surface area contributed by atoms with Gasteiger partial charge < -0.3 is 10.6 Å². The predicted octanol–water partition coefficient (Wildman–Crippen LogP) is 2.26. The number of halogens is 1. The van der Waals surface area contributed by atoms with Gasteiger partial charge in [0.25, 0.3) is 5.56 Å². The molecule has 1 aromatic rings. The van der Waals surface area contributed by atoms with Gasteiger partial charge >= 0.3 is 0 Å². The molecule has 0 amide bonds. The minimum atomic E-state index is -0.204. The second-order valence-corrected chi connectivity index (χ2v) is 6.13. The van der Waals surface area contributed by atoms with Gasteiger partial charge in [0.1, 0.15) is 5.02 Å². The number of anilines is 1. The van der Waals surface area contributed by atoms with Crippen LogP contribution in [0.4, 0.5) is 5.69 Å². The van der Waals surface area contributed by atoms with Gasteiger partial charge in [-0.15, -0.1) is 0 Å². The summed E-state index contributed by atoms with van der Waals surface area (Å²) >= 11 is 6.30. The summed E-state index contributed by atoms with van der Waals surface area (Å²) in [6.07, 6.45) is 5.92. The fraction of sp³-hybridized carbons (Fsp3) is 0.733. The molecule has 2 atom stereocenters. The number of nitrogens with zero attached hydrogens (tertiary/aromatic N) is 3. The van der Waals surface area contributed by atoms with E-state index in [0.717, 1.165) is 31.5 Å². The van der Waals surface area contributed by atoms with Crippen molar-refractivity contribution in [2.45, 2.75) is 52.1 Å². The van der Waals surface area contributed by atoms with Crippen LogP contribution in [-0.4, -0.2) is 28.9 Å². The van der Waals surface area contributed by atoms with E-state index >= 15 is 0 Å². The normalized spacial score (nSPS) is 22.6. The molecule has 21 heavy (non-hydrogen) atoms. The fourth-order valence-corrected chi connectivity index (χ4v) is 3.33. The number of hydrogen-bond donors (Lipinski definition) is 1. The average molecular weight is 313 g/mol. The molecule has 1 aliphatic rings. The first-order valence-corrected chi connectivity index (χ1v) is 8.22. The van der Waals surface area contributed by atoms with Crippen molar-refractivity contribution in [1.82, 2.24) is 9.78 Å². The Labute approximate surface area is 131 Å². The number of rotatable bonds is 5. The summed E-state index contributed by atoms with van der Waals surface area (Å²) in [6.45, 7) is 6.28. The highest BCUT2D eigenvalue weighted by Gasteiger charge is 2.29. The third kappa shape index (κ3) is 3.40. The van der Waals surface area contributed by atoms with Crippen LogP contribution < -0.4 is 16.2 Å². The molecule has 0 aliphatic carbocycles. The molecular weight excluding hydrogens is 288 g/mol. The van der Waals surface area contributed by atoms with Crippen LogP contribution in [0.25, 0.3) is 0 Å². The first-order valence-electron chi connectivity index (χ1n) is 7.84. The number of hydrogen-bond acceptors (Lipinski definition) is 4. The highest BCUT2D eigenvalue weighted by atomic mass is 35.5. The van der Waals surface area contributed by atoms with E-state index in [-0.39, 0.29) is 16.6 Å². The van der Waals surface area contributed by atoms with E-state index in [1.807, 2.05) is 6.92 Å². The lowest BCUT2D eigenvalue weighted by molar-refractivity contribution is 0.335. The van der Waals surface area contributed by atoms with Crippen molar-refractivity contribution < 1.29 is 0 Å². The van der Waals surface area contributed by atoms with Gasteiger partial charge in [-0.05, 0) is 25.2 Å². The smallest absolute Gasteiger partial charge is 0.287 e. The minimum Gasteiger partial charge on any atom is -0.365 e. The molecule has 1 aliphatic heterocycles. The molecule has 0 aromatic carbocycles. The first kappa shape index (κ1) is 16.3. The molecule has 2 rings (SSSR count). The monoisotopic (exact) mass is 312 g/mol. The summed E-state index contributed by atoms with van der Waals surface area (Å²) in [6, 6.07) is 0.240. The van der Waals surface area contributed by atoms with Crippen LogP contribution in [0.5, 0.6) is 0 Å². The number of aryl methyl sites for hydroxylation is 1. The van der Waals surface area contributed by atoms with Crippen molar-refractivity contribution in [1.29, 1.82) is 0 Å². The minimum absolute atomic E-state index is 0.204. The zero-order valence-electron chi connectivity index (χ0n) is 12.9. The van der Waals surface area contributed by atoms with Crippen LogP contribution >= 0.6 is 11.6 Å². The van der Waals surface area contributed by atoms with E-state index < -0.39 is 0 Å². The fourth-order valence-electron chi connectivity index (χ4n) is 3.07. The van der Waals surface area contributed by atoms with Crippen molar-refractivity contribution in [2.24, 2.45) is 11.7 Å². The SMILES string of the molecule is CCCn1ncc(N2CCC(CC)CC2CN)c(Cl)c1=O. The Morgan fingerprint density at radius 2 is 2.24 bits per heavy atom. The van der Waals surface area contributed by atoms with Crippen molar-refractivity contribution in [3.8, 4) is 0 Å². The largest absolute Gasteiger partial charge is 0.365 e. The second kappa shape index (κ2) is 7.27. The van der Waals surface area contributed by atoms with Gasteiger partial charge in [-0.1, -0.05) is 31.9 Å². The first-order chi connectivity index (χ1) is 10.1. The zero-order chi connectivity index (χ0) is 15.4. The lowest BCUT2D eigenvalue weighted by atomic mass is 9.88. The highest BCUT2D eigenvalue weighted by Crippen LogP contribution is 2.31. The van der Waals surface area contributed by atoms with E-state index in [1.54, 1.807) is 6.20 Å². The van der Waals surface area contributed by atoms with Crippen LogP contribution in [0.15, 0.2) is 11.0 Å². The van der Waals surface area contributed by atoms with E-state index in [2.05, 4.69) is 16.9 Å². The summed E-state index contributed by atoms with van der Waals surface area (Å²) in [5, 5.41) is 4.52. The Hall–Kier alpha value is -1.07. The Morgan fingerprint density at radius 3 is 2.86 bits per heavy atom. The van der Waals surface area contributed by atoms with Crippen molar-refractivity contribution >= 4 is 17.3 Å². The van der Waals surface area contributed by atoms with E-state index in [1.165, 1.54) is 11.1 Å². The Bertz CT molecular complexity index is 531. The van der Waals surface area contributed by atoms with E-state index in [9.17, 15) is 4.79 Å². The quantitative estimate of drug-likeness (QED) is 0.906. The van der Waals surface area contributed by atoms with Gasteiger partial charge in [-0.3, -0.25) is 4.79 Å². The molecule has 0 saturated carbocycles. The van der Waals surface area contributed by atoms with E-state index in [4.69, 9.17) is 17.3 Å². The lowest BCUT2D eigenvalue weighted by Gasteiger charge is -2.40. The van der Waals surface area contributed by atoms with Crippen LogP contribution in [0.2, 0.25) is 5.02 Å². The van der Waals surface area contributed by atoms with Gasteiger partial charge in [0, 0.05) is 25.7 Å². The maximum absolute atomic E-state index is 12.2. The molecule has 118 valence electrons. The Morgan fingerprint density at radius 1 is 1.48 bits per heavy atom. The average Bonchev–Trinajstić information content (AvgIpc) is 2.52. The summed E-state index contributed by atoms with van der Waals surface area (Å²) in [7, 11) is 0. The lowest BCUT2D eigenvalue weighted by Crippen LogP contribution is -2.47. The van der Waals surface area contributed by atoms with Gasteiger partial charge in [0.2, 0.25) is 0 Å². The third-order valence-corrected chi connectivity index (χ3v) is 4.74. The Kier molecular flexibility index (Phi) is 5.65. The van der Waals surface area contributed by atoms with Crippen LogP contribution in [0.3, 0.4) is 0 Å². The van der Waals surface area contributed by atoms with Crippen molar-refractivity contribution in [2.75, 3.05) is 18.0 Å². The topological polar surface area (TPSA) is 64.2 Å². The van der Waals surface area contributed by atoms with Crippen LogP contribution in [0, 0.1) is 5.92 Å². The third-order valence-electron chi connectivity index (χ3n) is 4.39. The molecule has 2 N–H and O–H groups in total. The summed E-state index contributed by atoms with van der Waals surface area (Å²) < 4.78 is 1.43. The maximum Gasteiger partial charge on any atom is 0.287 e. The molecule has 1 fully saturated rings. The molecule has 0 radical (unpaired) electrons. The number of piperidine rings is 1. The highest BCUT2D eigenvalue weighted by molar-refractivity contribution is 6.33. The van der Waals surface area contributed by atoms with E-state index in [0.29, 0.717) is 19.0 Å². The molecule has 0 bridgehead atoms. The van der Waals surface area contributed by atoms with Gasteiger partial charge in [0.05, 0.1) is 11.9 Å². The van der Waals surface area contributed by atoms with Crippen molar-refractivity contribution in [3.05, 3.63) is 21.6 Å².